The van der Waals surface area contributed by atoms with Gasteiger partial charge in [0.2, 0.25) is 0 Å². The Morgan fingerprint density at radius 1 is 0.889 bits per heavy atom. The largest absolute Gasteiger partial charge is 0.493 e. The van der Waals surface area contributed by atoms with E-state index in [0.717, 1.165) is 19.2 Å². The van der Waals surface area contributed by atoms with Gasteiger partial charge < -0.3 is 19.5 Å². The summed E-state index contributed by atoms with van der Waals surface area (Å²) >= 11 is 0. The Hall–Kier alpha value is -3.89. The van der Waals surface area contributed by atoms with Crippen LogP contribution < -0.4 is 19.5 Å². The summed E-state index contributed by atoms with van der Waals surface area (Å²) in [5.41, 5.74) is -1.26. The van der Waals surface area contributed by atoms with E-state index in [1.807, 2.05) is 0 Å². The number of carbonyl (C=O) groups excluding carboxylic acids is 1. The van der Waals surface area contributed by atoms with Gasteiger partial charge >= 0.3 is 11.4 Å². The third kappa shape index (κ3) is 4.03. The van der Waals surface area contributed by atoms with Crippen LogP contribution in [0.2, 0.25) is 0 Å². The zero-order valence-electron chi connectivity index (χ0n) is 14.5. The predicted octanol–water partition coefficient (Wildman–Crippen LogP) is 2.78. The Balaban J connectivity index is 2.43. The number of hydrogen-bond donors (Lipinski definition) is 1. The number of benzene rings is 2. The number of nitrogens with zero attached hydrogens (tertiary/aromatic N) is 2. The van der Waals surface area contributed by atoms with Gasteiger partial charge in [-0.1, -0.05) is 0 Å². The van der Waals surface area contributed by atoms with Crippen molar-refractivity contribution in [3.8, 4) is 17.2 Å². The molecule has 11 nitrogen and oxygen atoms in total. The lowest BCUT2D eigenvalue weighted by molar-refractivity contribution is -0.395. The van der Waals surface area contributed by atoms with E-state index in [-0.39, 0.29) is 11.3 Å². The molecule has 1 N–H and O–H groups in total. The van der Waals surface area contributed by atoms with E-state index in [1.165, 1.54) is 32.4 Å². The maximum Gasteiger partial charge on any atom is 0.320 e. The quantitative estimate of drug-likeness (QED) is 0.573. The lowest BCUT2D eigenvalue weighted by Gasteiger charge is -2.11. The van der Waals surface area contributed by atoms with Crippen LogP contribution >= 0.6 is 0 Å². The predicted molar refractivity (Wildman–Crippen MR) is 93.8 cm³/mol. The molecule has 0 saturated carbocycles. The zero-order chi connectivity index (χ0) is 20.1. The van der Waals surface area contributed by atoms with Crippen LogP contribution in [-0.4, -0.2) is 37.1 Å². The van der Waals surface area contributed by atoms with Gasteiger partial charge in [-0.15, -0.1) is 0 Å². The van der Waals surface area contributed by atoms with Crippen molar-refractivity contribution in [1.29, 1.82) is 0 Å². The number of nitro groups is 2. The van der Waals surface area contributed by atoms with E-state index >= 15 is 0 Å². The molecule has 0 aromatic heterocycles. The molecule has 0 aliphatic rings. The number of amides is 1. The fraction of sp³-hybridized carbons (Fsp3) is 0.188. The molecule has 0 unspecified atom stereocenters. The fourth-order valence-electron chi connectivity index (χ4n) is 2.33. The topological polar surface area (TPSA) is 143 Å². The van der Waals surface area contributed by atoms with Crippen molar-refractivity contribution in [2.24, 2.45) is 0 Å². The third-order valence-electron chi connectivity index (χ3n) is 3.55. The molecule has 0 heterocycles. The number of anilines is 1. The van der Waals surface area contributed by atoms with Crippen molar-refractivity contribution >= 4 is 23.0 Å². The molecule has 0 fully saturated rings. The van der Waals surface area contributed by atoms with Crippen molar-refractivity contribution in [2.75, 3.05) is 26.6 Å². The lowest BCUT2D eigenvalue weighted by atomic mass is 10.1. The van der Waals surface area contributed by atoms with Gasteiger partial charge in [-0.2, -0.15) is 0 Å². The van der Waals surface area contributed by atoms with Gasteiger partial charge in [0.25, 0.3) is 11.7 Å². The smallest absolute Gasteiger partial charge is 0.320 e. The van der Waals surface area contributed by atoms with Crippen LogP contribution in [0.5, 0.6) is 17.2 Å². The van der Waals surface area contributed by atoms with Gasteiger partial charge in [0.15, 0.2) is 11.5 Å². The molecule has 0 radical (unpaired) electrons. The number of carbonyl (C=O) groups is 1. The molecule has 27 heavy (non-hydrogen) atoms. The second-order valence-electron chi connectivity index (χ2n) is 5.09. The van der Waals surface area contributed by atoms with E-state index < -0.39 is 32.9 Å². The molecule has 0 spiro atoms. The highest BCUT2D eigenvalue weighted by molar-refractivity contribution is 6.05. The second kappa shape index (κ2) is 7.99. The van der Waals surface area contributed by atoms with Gasteiger partial charge in [0, 0.05) is 17.7 Å². The number of hydrogen-bond acceptors (Lipinski definition) is 8. The molecule has 2 rings (SSSR count). The third-order valence-corrected chi connectivity index (χ3v) is 3.55. The Bertz CT molecular complexity index is 878. The molecule has 1 amide bonds. The summed E-state index contributed by atoms with van der Waals surface area (Å²) in [7, 11) is 3.92. The van der Waals surface area contributed by atoms with Crippen molar-refractivity contribution in [3.63, 3.8) is 0 Å². The first-order valence-corrected chi connectivity index (χ1v) is 7.36. The molecular formula is C16H15N3O8. The molecule has 2 aromatic carbocycles. The van der Waals surface area contributed by atoms with Gasteiger partial charge in [0.1, 0.15) is 0 Å². The van der Waals surface area contributed by atoms with Crippen LogP contribution in [0.1, 0.15) is 10.4 Å². The summed E-state index contributed by atoms with van der Waals surface area (Å²) in [4.78, 5) is 33.1. The van der Waals surface area contributed by atoms with Crippen molar-refractivity contribution in [1.82, 2.24) is 0 Å². The van der Waals surface area contributed by atoms with Crippen LogP contribution in [0.4, 0.5) is 17.1 Å². The molecule has 142 valence electrons. The highest BCUT2D eigenvalue weighted by Gasteiger charge is 2.28. The Kier molecular flexibility index (Phi) is 5.75. The van der Waals surface area contributed by atoms with Gasteiger partial charge in [-0.25, -0.2) is 0 Å². The van der Waals surface area contributed by atoms with Crippen LogP contribution in [-0.2, 0) is 0 Å². The van der Waals surface area contributed by atoms with E-state index in [4.69, 9.17) is 14.2 Å². The Labute approximate surface area is 152 Å². The summed E-state index contributed by atoms with van der Waals surface area (Å²) in [5, 5.41) is 24.7. The van der Waals surface area contributed by atoms with Crippen LogP contribution in [0.3, 0.4) is 0 Å². The molecule has 2 aromatic rings. The normalized spacial score (nSPS) is 10.0. The fourth-order valence-corrected chi connectivity index (χ4v) is 2.33. The number of ether oxygens (including phenoxy) is 3. The van der Waals surface area contributed by atoms with Gasteiger partial charge in [0.05, 0.1) is 36.9 Å². The minimum atomic E-state index is -0.835. The van der Waals surface area contributed by atoms with E-state index in [0.29, 0.717) is 11.5 Å². The maximum absolute atomic E-state index is 12.4. The van der Waals surface area contributed by atoms with Crippen LogP contribution in [0.25, 0.3) is 0 Å². The van der Waals surface area contributed by atoms with Crippen molar-refractivity contribution in [3.05, 3.63) is 56.1 Å². The maximum atomic E-state index is 12.4. The van der Waals surface area contributed by atoms with Crippen LogP contribution in [0, 0.1) is 20.2 Å². The SMILES string of the molecule is COc1ccc(C(=O)Nc2cc([N+](=O)[O-])c(OC)c([N+](=O)[O-])c2)cc1OC. The summed E-state index contributed by atoms with van der Waals surface area (Å²) < 4.78 is 15.0. The minimum absolute atomic E-state index is 0.131. The molecule has 0 saturated heterocycles. The molecule has 0 bridgehead atoms. The van der Waals surface area contributed by atoms with E-state index in [9.17, 15) is 25.0 Å². The monoisotopic (exact) mass is 377 g/mol. The summed E-state index contributed by atoms with van der Waals surface area (Å²) in [5.74, 6) is -0.444. The highest BCUT2D eigenvalue weighted by atomic mass is 16.6. The standard InChI is InChI=1S/C16H15N3O8/c1-25-13-5-4-9(6-14(13)26-2)16(20)17-10-7-11(18(21)22)15(27-3)12(8-10)19(23)24/h4-8H,1-3H3,(H,17,20). The first kappa shape index (κ1) is 19.4. The summed E-state index contributed by atoms with van der Waals surface area (Å²) in [6.07, 6.45) is 0. The van der Waals surface area contributed by atoms with Gasteiger partial charge in [-0.05, 0) is 18.2 Å². The number of methoxy groups -OCH3 is 3. The summed E-state index contributed by atoms with van der Waals surface area (Å²) in [6.45, 7) is 0. The van der Waals surface area contributed by atoms with Crippen molar-refractivity contribution < 1.29 is 28.9 Å². The average Bonchev–Trinajstić information content (AvgIpc) is 2.66. The minimum Gasteiger partial charge on any atom is -0.493 e. The second-order valence-corrected chi connectivity index (χ2v) is 5.09. The van der Waals surface area contributed by atoms with Crippen molar-refractivity contribution in [2.45, 2.75) is 0 Å². The lowest BCUT2D eigenvalue weighted by Crippen LogP contribution is -2.13. The molecule has 0 atom stereocenters. The molecular weight excluding hydrogens is 362 g/mol. The molecule has 0 aliphatic heterocycles. The summed E-state index contributed by atoms with van der Waals surface area (Å²) in [6, 6.07) is 6.31. The van der Waals surface area contributed by atoms with Gasteiger partial charge in [-0.3, -0.25) is 25.0 Å². The van der Waals surface area contributed by atoms with E-state index in [2.05, 4.69) is 5.32 Å². The molecule has 0 aliphatic carbocycles. The van der Waals surface area contributed by atoms with Crippen LogP contribution in [0.15, 0.2) is 30.3 Å². The first-order valence-electron chi connectivity index (χ1n) is 7.36. The number of rotatable bonds is 7. The Morgan fingerprint density at radius 3 is 1.89 bits per heavy atom. The van der Waals surface area contributed by atoms with E-state index in [1.54, 1.807) is 0 Å². The zero-order valence-corrected chi connectivity index (χ0v) is 14.5. The first-order chi connectivity index (χ1) is 12.8. The Morgan fingerprint density at radius 2 is 1.44 bits per heavy atom. The number of nitrogens with one attached hydrogen (secondary N) is 1. The number of nitro benzene ring substituents is 2. The highest BCUT2D eigenvalue weighted by Crippen LogP contribution is 2.39. The molecule has 11 heteroatoms. The average molecular weight is 377 g/mol.